The van der Waals surface area contributed by atoms with Crippen molar-refractivity contribution >= 4 is 17.0 Å². The van der Waals surface area contributed by atoms with Gasteiger partial charge < -0.3 is 4.57 Å². The molecule has 2 aromatic rings. The summed E-state index contributed by atoms with van der Waals surface area (Å²) in [6, 6.07) is 8.73. The molecule has 0 spiro atoms. The van der Waals surface area contributed by atoms with E-state index in [1.165, 1.54) is 16.5 Å². The zero-order chi connectivity index (χ0) is 10.8. The van der Waals surface area contributed by atoms with Gasteiger partial charge in [0.25, 0.3) is 0 Å². The molecule has 0 saturated heterocycles. The first-order valence-corrected chi connectivity index (χ1v) is 5.40. The normalized spacial score (nSPS) is 12.0. The second-order valence-corrected chi connectivity index (χ2v) is 4.35. The number of benzene rings is 1. The van der Waals surface area contributed by atoms with Gasteiger partial charge in [-0.3, -0.25) is 0 Å². The summed E-state index contributed by atoms with van der Waals surface area (Å²) < 4.78 is 2.14. The Balaban J connectivity index is 2.39. The van der Waals surface area contributed by atoms with Crippen LogP contribution >= 0.6 is 0 Å². The predicted octanol–water partition coefficient (Wildman–Crippen LogP) is 3.85. The van der Waals surface area contributed by atoms with Crippen molar-refractivity contribution in [3.05, 3.63) is 42.1 Å². The fraction of sp³-hybridized carbons (Fsp3) is 0.286. The number of aryl methyl sites for hydroxylation is 1. The largest absolute Gasteiger partial charge is 0.351 e. The molecule has 0 unspecified atom stereocenters. The van der Waals surface area contributed by atoms with Crippen molar-refractivity contribution in [1.29, 1.82) is 0 Å². The quantitative estimate of drug-likeness (QED) is 0.692. The number of allylic oxidation sites excluding steroid dienone is 1. The molecule has 1 heterocycles. The van der Waals surface area contributed by atoms with Gasteiger partial charge in [-0.2, -0.15) is 0 Å². The third-order valence-electron chi connectivity index (χ3n) is 2.58. The Morgan fingerprint density at radius 2 is 2.00 bits per heavy atom. The highest BCUT2D eigenvalue weighted by molar-refractivity contribution is 5.82. The van der Waals surface area contributed by atoms with Crippen LogP contribution in [0.3, 0.4) is 0 Å². The first-order chi connectivity index (χ1) is 7.16. The molecule has 0 bridgehead atoms. The van der Waals surface area contributed by atoms with Gasteiger partial charge in [0.1, 0.15) is 0 Å². The van der Waals surface area contributed by atoms with Crippen LogP contribution in [0.1, 0.15) is 19.4 Å². The zero-order valence-electron chi connectivity index (χ0n) is 9.57. The summed E-state index contributed by atoms with van der Waals surface area (Å²) in [4.78, 5) is 0. The molecular weight excluding hydrogens is 182 g/mol. The van der Waals surface area contributed by atoms with Crippen molar-refractivity contribution in [3.8, 4) is 0 Å². The van der Waals surface area contributed by atoms with Crippen LogP contribution in [0.15, 0.2) is 36.5 Å². The minimum atomic E-state index is 0.608. The lowest BCUT2D eigenvalue weighted by Gasteiger charge is -1.98. The number of rotatable bonds is 2. The number of nitrogens with zero attached hydrogens (tertiary/aromatic N) is 1. The van der Waals surface area contributed by atoms with E-state index in [0.717, 1.165) is 0 Å². The highest BCUT2D eigenvalue weighted by atomic mass is 14.9. The standard InChI is InChI=1S/C14H17N/c1-11(2)4-5-12-6-7-14-13(10-12)8-9-15(14)3/h4-11H,1-3H3/b5-4-. The summed E-state index contributed by atoms with van der Waals surface area (Å²) >= 11 is 0. The fourth-order valence-electron chi connectivity index (χ4n) is 1.71. The number of hydrogen-bond donors (Lipinski definition) is 0. The Bertz CT molecular complexity index is 489. The van der Waals surface area contributed by atoms with Crippen LogP contribution in [0.4, 0.5) is 0 Å². The maximum atomic E-state index is 2.23. The molecule has 0 saturated carbocycles. The van der Waals surface area contributed by atoms with E-state index < -0.39 is 0 Å². The monoisotopic (exact) mass is 199 g/mol. The van der Waals surface area contributed by atoms with E-state index in [0.29, 0.717) is 5.92 Å². The average Bonchev–Trinajstić information content (AvgIpc) is 2.57. The lowest BCUT2D eigenvalue weighted by atomic mass is 10.1. The van der Waals surface area contributed by atoms with Gasteiger partial charge >= 0.3 is 0 Å². The van der Waals surface area contributed by atoms with Crippen LogP contribution < -0.4 is 0 Å². The molecular formula is C14H17N. The lowest BCUT2D eigenvalue weighted by molar-refractivity contribution is 0.836. The van der Waals surface area contributed by atoms with Crippen LogP contribution in [0.5, 0.6) is 0 Å². The Kier molecular flexibility index (Phi) is 2.63. The first-order valence-electron chi connectivity index (χ1n) is 5.40. The van der Waals surface area contributed by atoms with Gasteiger partial charge in [-0.05, 0) is 29.7 Å². The molecule has 15 heavy (non-hydrogen) atoms. The Morgan fingerprint density at radius 3 is 2.73 bits per heavy atom. The molecule has 0 N–H and O–H groups in total. The molecule has 0 atom stereocenters. The van der Waals surface area contributed by atoms with Gasteiger partial charge in [-0.1, -0.05) is 32.1 Å². The highest BCUT2D eigenvalue weighted by Gasteiger charge is 1.97. The van der Waals surface area contributed by atoms with Crippen molar-refractivity contribution in [2.24, 2.45) is 13.0 Å². The smallest absolute Gasteiger partial charge is 0.0478 e. The van der Waals surface area contributed by atoms with Crippen LogP contribution in [-0.4, -0.2) is 4.57 Å². The molecule has 0 aliphatic rings. The summed E-state index contributed by atoms with van der Waals surface area (Å²) in [5.41, 5.74) is 2.57. The van der Waals surface area contributed by atoms with Crippen LogP contribution in [-0.2, 0) is 7.05 Å². The third-order valence-corrected chi connectivity index (χ3v) is 2.58. The molecule has 1 aromatic heterocycles. The second-order valence-electron chi connectivity index (χ2n) is 4.35. The molecule has 2 rings (SSSR count). The Labute approximate surface area is 91.0 Å². The van der Waals surface area contributed by atoms with E-state index in [9.17, 15) is 0 Å². The maximum absolute atomic E-state index is 2.23. The van der Waals surface area contributed by atoms with Gasteiger partial charge in [-0.25, -0.2) is 0 Å². The van der Waals surface area contributed by atoms with Crippen molar-refractivity contribution in [2.45, 2.75) is 13.8 Å². The molecule has 0 fully saturated rings. The van der Waals surface area contributed by atoms with Gasteiger partial charge in [0, 0.05) is 24.1 Å². The molecule has 78 valence electrons. The van der Waals surface area contributed by atoms with E-state index in [2.05, 4.69) is 68.1 Å². The van der Waals surface area contributed by atoms with E-state index in [-0.39, 0.29) is 0 Å². The topological polar surface area (TPSA) is 4.93 Å². The summed E-state index contributed by atoms with van der Waals surface area (Å²) in [6.45, 7) is 4.38. The molecule has 0 radical (unpaired) electrons. The fourth-order valence-corrected chi connectivity index (χ4v) is 1.71. The van der Waals surface area contributed by atoms with Crippen LogP contribution in [0.2, 0.25) is 0 Å². The highest BCUT2D eigenvalue weighted by Crippen LogP contribution is 2.17. The van der Waals surface area contributed by atoms with E-state index in [1.54, 1.807) is 0 Å². The minimum Gasteiger partial charge on any atom is -0.351 e. The average molecular weight is 199 g/mol. The van der Waals surface area contributed by atoms with Crippen molar-refractivity contribution < 1.29 is 0 Å². The minimum absolute atomic E-state index is 0.608. The van der Waals surface area contributed by atoms with Crippen molar-refractivity contribution in [1.82, 2.24) is 4.57 Å². The lowest BCUT2D eigenvalue weighted by Crippen LogP contribution is -1.83. The van der Waals surface area contributed by atoms with Crippen LogP contribution in [0.25, 0.3) is 17.0 Å². The summed E-state index contributed by atoms with van der Waals surface area (Å²) in [5.74, 6) is 0.608. The van der Waals surface area contributed by atoms with Gasteiger partial charge in [0.15, 0.2) is 0 Å². The van der Waals surface area contributed by atoms with Crippen LogP contribution in [0, 0.1) is 5.92 Å². The van der Waals surface area contributed by atoms with Gasteiger partial charge in [0.2, 0.25) is 0 Å². The summed E-state index contributed by atoms with van der Waals surface area (Å²) in [7, 11) is 2.08. The molecule has 1 aromatic carbocycles. The predicted molar refractivity (Wildman–Crippen MR) is 66.8 cm³/mol. The van der Waals surface area contributed by atoms with E-state index in [4.69, 9.17) is 0 Å². The van der Waals surface area contributed by atoms with Crippen molar-refractivity contribution in [2.75, 3.05) is 0 Å². The third kappa shape index (κ3) is 2.12. The molecule has 1 nitrogen and oxygen atoms in total. The molecule has 0 aliphatic heterocycles. The Morgan fingerprint density at radius 1 is 1.20 bits per heavy atom. The summed E-state index contributed by atoms with van der Waals surface area (Å²) in [6.07, 6.45) is 6.52. The maximum Gasteiger partial charge on any atom is 0.0478 e. The van der Waals surface area contributed by atoms with E-state index >= 15 is 0 Å². The second kappa shape index (κ2) is 3.93. The van der Waals surface area contributed by atoms with Crippen molar-refractivity contribution in [3.63, 3.8) is 0 Å². The summed E-state index contributed by atoms with van der Waals surface area (Å²) in [5, 5.41) is 1.31. The van der Waals surface area contributed by atoms with E-state index in [1.807, 2.05) is 0 Å². The number of hydrogen-bond acceptors (Lipinski definition) is 0. The molecule has 0 aliphatic carbocycles. The number of aromatic nitrogens is 1. The zero-order valence-corrected chi connectivity index (χ0v) is 9.57. The van der Waals surface area contributed by atoms with Gasteiger partial charge in [0.05, 0.1) is 0 Å². The SMILES string of the molecule is CC(C)/C=C\c1ccc2c(ccn2C)c1. The van der Waals surface area contributed by atoms with Gasteiger partial charge in [-0.15, -0.1) is 0 Å². The first kappa shape index (κ1) is 10.0. The number of fused-ring (bicyclic) bond motifs is 1. The molecule has 1 heteroatoms. The molecule has 0 amide bonds. The Hall–Kier alpha value is -1.50.